The summed E-state index contributed by atoms with van der Waals surface area (Å²) in [5.74, 6) is 1.75. The summed E-state index contributed by atoms with van der Waals surface area (Å²) < 4.78 is 5.65. The van der Waals surface area contributed by atoms with Crippen molar-refractivity contribution >= 4 is 29.2 Å². The molecule has 0 saturated carbocycles. The lowest BCUT2D eigenvalue weighted by Crippen LogP contribution is -2.29. The number of halogens is 1. The molecule has 2 aliphatic rings. The normalized spacial score (nSPS) is 21.0. The van der Waals surface area contributed by atoms with Crippen LogP contribution in [0.15, 0.2) is 77.8 Å². The molecule has 1 aliphatic carbocycles. The van der Waals surface area contributed by atoms with E-state index in [0.717, 1.165) is 29.8 Å². The first-order chi connectivity index (χ1) is 16.1. The Morgan fingerprint density at radius 2 is 1.94 bits per heavy atom. The standard InChI is InChI=1S/C29H29ClN2O/c1-3-15-33-28-14-8-20(17-26(28)30)18-31-22-11-9-21(10-12-22)29-24-6-4-5-23(24)25-16-19(2)7-13-27(25)32-29/h4-5,7-14,16-18,23-24,29,32H,3,6,15H2,1-2H3/t23-,24-,29+/m1/s1. The van der Waals surface area contributed by atoms with Gasteiger partial charge < -0.3 is 10.1 Å². The van der Waals surface area contributed by atoms with Crippen molar-refractivity contribution in [1.29, 1.82) is 0 Å². The van der Waals surface area contributed by atoms with Crippen LogP contribution in [0.2, 0.25) is 5.02 Å². The molecule has 0 unspecified atom stereocenters. The van der Waals surface area contributed by atoms with Crippen molar-refractivity contribution in [2.75, 3.05) is 11.9 Å². The third-order valence-electron chi connectivity index (χ3n) is 6.55. The van der Waals surface area contributed by atoms with Crippen LogP contribution in [0.1, 0.15) is 54.0 Å². The first-order valence-electron chi connectivity index (χ1n) is 11.7. The van der Waals surface area contributed by atoms with Crippen molar-refractivity contribution in [3.8, 4) is 5.75 Å². The maximum Gasteiger partial charge on any atom is 0.137 e. The van der Waals surface area contributed by atoms with E-state index in [4.69, 9.17) is 16.3 Å². The first-order valence-corrected chi connectivity index (χ1v) is 12.1. The molecule has 0 radical (unpaired) electrons. The Labute approximate surface area is 201 Å². The van der Waals surface area contributed by atoms with Gasteiger partial charge in [0.15, 0.2) is 0 Å². The highest BCUT2D eigenvalue weighted by Crippen LogP contribution is 2.50. The van der Waals surface area contributed by atoms with E-state index in [1.54, 1.807) is 0 Å². The maximum atomic E-state index is 6.34. The number of nitrogens with one attached hydrogen (secondary N) is 1. The van der Waals surface area contributed by atoms with E-state index in [-0.39, 0.29) is 0 Å². The molecule has 0 bridgehead atoms. The molecule has 1 N–H and O–H groups in total. The molecule has 4 heteroatoms. The average molecular weight is 457 g/mol. The summed E-state index contributed by atoms with van der Waals surface area (Å²) in [4.78, 5) is 4.65. The predicted octanol–water partition coefficient (Wildman–Crippen LogP) is 8.01. The summed E-state index contributed by atoms with van der Waals surface area (Å²) >= 11 is 6.34. The fraction of sp³-hybridized carbons (Fsp3) is 0.276. The molecule has 1 heterocycles. The van der Waals surface area contributed by atoms with Crippen LogP contribution in [0.3, 0.4) is 0 Å². The second-order valence-corrected chi connectivity index (χ2v) is 9.36. The Balaban J connectivity index is 1.32. The van der Waals surface area contributed by atoms with Gasteiger partial charge in [0, 0.05) is 17.8 Å². The molecule has 0 spiro atoms. The molecule has 0 saturated heterocycles. The fourth-order valence-corrected chi connectivity index (χ4v) is 5.13. The van der Waals surface area contributed by atoms with E-state index in [0.29, 0.717) is 29.5 Å². The highest BCUT2D eigenvalue weighted by Gasteiger charge is 2.37. The van der Waals surface area contributed by atoms with Gasteiger partial charge in [-0.05, 0) is 78.8 Å². The maximum absolute atomic E-state index is 6.34. The van der Waals surface area contributed by atoms with Gasteiger partial charge in [0.25, 0.3) is 0 Å². The minimum atomic E-state index is 0.299. The minimum Gasteiger partial charge on any atom is -0.492 e. The Morgan fingerprint density at radius 3 is 2.73 bits per heavy atom. The predicted molar refractivity (Wildman–Crippen MR) is 138 cm³/mol. The van der Waals surface area contributed by atoms with Gasteiger partial charge in [-0.25, -0.2) is 0 Å². The van der Waals surface area contributed by atoms with Crippen molar-refractivity contribution in [2.24, 2.45) is 10.9 Å². The smallest absolute Gasteiger partial charge is 0.137 e. The zero-order chi connectivity index (χ0) is 22.8. The molecule has 3 aromatic carbocycles. The largest absolute Gasteiger partial charge is 0.492 e. The summed E-state index contributed by atoms with van der Waals surface area (Å²) in [6, 6.07) is 21.4. The van der Waals surface area contributed by atoms with Crippen LogP contribution < -0.4 is 10.1 Å². The van der Waals surface area contributed by atoms with Crippen molar-refractivity contribution in [3.63, 3.8) is 0 Å². The van der Waals surface area contributed by atoms with Gasteiger partial charge in [-0.15, -0.1) is 0 Å². The van der Waals surface area contributed by atoms with Gasteiger partial charge in [-0.3, -0.25) is 4.99 Å². The van der Waals surface area contributed by atoms with Crippen molar-refractivity contribution in [3.05, 3.63) is 100 Å². The number of allylic oxidation sites excluding steroid dienone is 2. The van der Waals surface area contributed by atoms with Crippen LogP contribution >= 0.6 is 11.6 Å². The molecule has 1 aliphatic heterocycles. The summed E-state index contributed by atoms with van der Waals surface area (Å²) in [7, 11) is 0. The average Bonchev–Trinajstić information content (AvgIpc) is 3.33. The van der Waals surface area contributed by atoms with E-state index in [2.05, 4.69) is 78.8 Å². The Hall–Kier alpha value is -3.04. The third-order valence-corrected chi connectivity index (χ3v) is 6.85. The first kappa shape index (κ1) is 21.8. The Kier molecular flexibility index (Phi) is 6.24. The fourth-order valence-electron chi connectivity index (χ4n) is 4.89. The molecule has 0 amide bonds. The second kappa shape index (κ2) is 9.44. The van der Waals surface area contributed by atoms with E-state index < -0.39 is 0 Å². The van der Waals surface area contributed by atoms with Crippen molar-refractivity contribution in [2.45, 2.75) is 38.6 Å². The van der Waals surface area contributed by atoms with Crippen LogP contribution in [0.25, 0.3) is 0 Å². The Bertz CT molecular complexity index is 1200. The molecular formula is C29H29ClN2O. The number of hydrogen-bond acceptors (Lipinski definition) is 3. The molecular weight excluding hydrogens is 428 g/mol. The summed E-state index contributed by atoms with van der Waals surface area (Å²) in [5, 5.41) is 4.42. The number of aliphatic imine (C=N–C) groups is 1. The van der Waals surface area contributed by atoms with Crippen LogP contribution in [-0.4, -0.2) is 12.8 Å². The number of rotatable bonds is 6. The molecule has 5 rings (SSSR count). The SMILES string of the molecule is CCCOc1ccc(C=Nc2ccc([C@@H]3Nc4ccc(C)cc4[C@@H]4C=CC[C@H]43)cc2)cc1Cl. The number of aryl methyl sites for hydroxylation is 1. The number of nitrogens with zero attached hydrogens (tertiary/aromatic N) is 1. The number of fused-ring (bicyclic) bond motifs is 3. The molecule has 33 heavy (non-hydrogen) atoms. The molecule has 0 fully saturated rings. The van der Waals surface area contributed by atoms with Crippen molar-refractivity contribution in [1.82, 2.24) is 0 Å². The second-order valence-electron chi connectivity index (χ2n) is 8.95. The molecule has 168 valence electrons. The molecule has 3 nitrogen and oxygen atoms in total. The molecule has 3 aromatic rings. The quantitative estimate of drug-likeness (QED) is 0.301. The van der Waals surface area contributed by atoms with Crippen LogP contribution in [0.4, 0.5) is 11.4 Å². The highest BCUT2D eigenvalue weighted by molar-refractivity contribution is 6.32. The minimum absolute atomic E-state index is 0.299. The third kappa shape index (κ3) is 4.56. The van der Waals surface area contributed by atoms with Gasteiger partial charge in [-0.1, -0.05) is 60.5 Å². The number of anilines is 1. The topological polar surface area (TPSA) is 33.6 Å². The zero-order valence-electron chi connectivity index (χ0n) is 19.1. The van der Waals surface area contributed by atoms with E-state index >= 15 is 0 Å². The van der Waals surface area contributed by atoms with E-state index in [9.17, 15) is 0 Å². The molecule has 3 atom stereocenters. The van der Waals surface area contributed by atoms with E-state index in [1.807, 2.05) is 24.4 Å². The monoisotopic (exact) mass is 456 g/mol. The van der Waals surface area contributed by atoms with Gasteiger partial charge in [-0.2, -0.15) is 0 Å². The zero-order valence-corrected chi connectivity index (χ0v) is 19.8. The lowest BCUT2D eigenvalue weighted by molar-refractivity contribution is 0.317. The van der Waals surface area contributed by atoms with E-state index in [1.165, 1.54) is 22.4 Å². The summed E-state index contributed by atoms with van der Waals surface area (Å²) in [5.41, 5.74) is 7.18. The lowest BCUT2D eigenvalue weighted by Gasteiger charge is -2.37. The number of ether oxygens (including phenoxy) is 1. The highest BCUT2D eigenvalue weighted by atomic mass is 35.5. The summed E-state index contributed by atoms with van der Waals surface area (Å²) in [6.07, 6.45) is 8.63. The van der Waals surface area contributed by atoms with Gasteiger partial charge >= 0.3 is 0 Å². The van der Waals surface area contributed by atoms with Crippen LogP contribution in [0, 0.1) is 12.8 Å². The van der Waals surface area contributed by atoms with Crippen molar-refractivity contribution < 1.29 is 4.74 Å². The lowest BCUT2D eigenvalue weighted by atomic mass is 9.76. The van der Waals surface area contributed by atoms with Gasteiger partial charge in [0.05, 0.1) is 23.4 Å². The Morgan fingerprint density at radius 1 is 1.09 bits per heavy atom. The number of benzene rings is 3. The van der Waals surface area contributed by atoms with Gasteiger partial charge in [0.2, 0.25) is 0 Å². The van der Waals surface area contributed by atoms with Crippen LogP contribution in [0.5, 0.6) is 5.75 Å². The molecule has 0 aromatic heterocycles. The van der Waals surface area contributed by atoms with Gasteiger partial charge in [0.1, 0.15) is 5.75 Å². The summed E-state index contributed by atoms with van der Waals surface area (Å²) in [6.45, 7) is 4.91. The van der Waals surface area contributed by atoms with Crippen LogP contribution in [-0.2, 0) is 0 Å². The number of hydrogen-bond donors (Lipinski definition) is 1.